The molecule has 0 saturated carbocycles. The summed E-state index contributed by atoms with van der Waals surface area (Å²) in [4.78, 5) is 16.8. The number of sulfonamides is 1. The van der Waals surface area contributed by atoms with E-state index in [-0.39, 0.29) is 23.2 Å². The number of benzene rings is 3. The maximum Gasteiger partial charge on any atom is 0.264 e. The maximum absolute atomic E-state index is 14.1. The van der Waals surface area contributed by atoms with Crippen LogP contribution in [0.2, 0.25) is 0 Å². The highest BCUT2D eigenvalue weighted by molar-refractivity contribution is 7.92. The Bertz CT molecular complexity index is 1250. The van der Waals surface area contributed by atoms with Gasteiger partial charge in [0.1, 0.15) is 18.1 Å². The zero-order valence-electron chi connectivity index (χ0n) is 18.8. The number of halogens is 1. The Morgan fingerprint density at radius 3 is 2.29 bits per heavy atom. The summed E-state index contributed by atoms with van der Waals surface area (Å²) in [5.74, 6) is -0.146. The van der Waals surface area contributed by atoms with Crippen LogP contribution in [-0.2, 0) is 14.8 Å². The lowest BCUT2D eigenvalue weighted by Crippen LogP contribution is -2.52. The highest BCUT2D eigenvalue weighted by Crippen LogP contribution is 2.27. The van der Waals surface area contributed by atoms with Gasteiger partial charge in [0, 0.05) is 32.2 Å². The van der Waals surface area contributed by atoms with Crippen molar-refractivity contribution in [2.75, 3.05) is 49.0 Å². The molecule has 9 heteroatoms. The van der Waals surface area contributed by atoms with Crippen molar-refractivity contribution in [2.45, 2.75) is 4.90 Å². The number of ether oxygens (including phenoxy) is 1. The van der Waals surface area contributed by atoms with Crippen LogP contribution in [0.15, 0.2) is 83.8 Å². The van der Waals surface area contributed by atoms with Crippen molar-refractivity contribution in [3.05, 3.63) is 84.7 Å². The maximum atomic E-state index is 14.1. The highest BCUT2D eigenvalue weighted by atomic mass is 32.2. The van der Waals surface area contributed by atoms with E-state index in [9.17, 15) is 17.6 Å². The minimum Gasteiger partial charge on any atom is -0.497 e. The minimum absolute atomic E-state index is 0.0926. The van der Waals surface area contributed by atoms with E-state index < -0.39 is 10.0 Å². The van der Waals surface area contributed by atoms with Crippen LogP contribution in [-0.4, -0.2) is 59.1 Å². The molecule has 1 aliphatic heterocycles. The number of hydrogen-bond acceptors (Lipinski definition) is 5. The van der Waals surface area contributed by atoms with Gasteiger partial charge in [-0.1, -0.05) is 36.4 Å². The average Bonchev–Trinajstić information content (AvgIpc) is 2.88. The van der Waals surface area contributed by atoms with Crippen LogP contribution in [0.4, 0.5) is 15.8 Å². The van der Waals surface area contributed by atoms with Gasteiger partial charge >= 0.3 is 0 Å². The lowest BCUT2D eigenvalue weighted by Gasteiger charge is -2.37. The Morgan fingerprint density at radius 1 is 0.941 bits per heavy atom. The van der Waals surface area contributed by atoms with Gasteiger partial charge in [0.15, 0.2) is 0 Å². The Hall–Kier alpha value is -3.59. The topological polar surface area (TPSA) is 70.2 Å². The van der Waals surface area contributed by atoms with Gasteiger partial charge in [-0.05, 0) is 36.4 Å². The van der Waals surface area contributed by atoms with E-state index in [4.69, 9.17) is 4.74 Å². The van der Waals surface area contributed by atoms with Crippen LogP contribution in [0.1, 0.15) is 0 Å². The first kappa shape index (κ1) is 23.6. The van der Waals surface area contributed by atoms with Crippen LogP contribution in [0, 0.1) is 5.82 Å². The summed E-state index contributed by atoms with van der Waals surface area (Å²) in [6.45, 7) is 1.29. The highest BCUT2D eigenvalue weighted by Gasteiger charge is 2.30. The lowest BCUT2D eigenvalue weighted by atomic mass is 10.2. The zero-order valence-corrected chi connectivity index (χ0v) is 19.6. The molecular formula is C25H26FN3O4S. The van der Waals surface area contributed by atoms with Gasteiger partial charge in [-0.2, -0.15) is 0 Å². The van der Waals surface area contributed by atoms with Crippen molar-refractivity contribution >= 4 is 27.3 Å². The van der Waals surface area contributed by atoms with Crippen molar-refractivity contribution in [3.8, 4) is 5.75 Å². The predicted molar refractivity (Wildman–Crippen MR) is 129 cm³/mol. The Morgan fingerprint density at radius 2 is 1.62 bits per heavy atom. The van der Waals surface area contributed by atoms with Crippen molar-refractivity contribution < 1.29 is 22.3 Å². The van der Waals surface area contributed by atoms with E-state index in [1.807, 2.05) is 4.90 Å². The fourth-order valence-corrected chi connectivity index (χ4v) is 5.36. The lowest BCUT2D eigenvalue weighted by molar-refractivity contribution is -0.129. The molecular weight excluding hydrogens is 457 g/mol. The van der Waals surface area contributed by atoms with Gasteiger partial charge in [-0.15, -0.1) is 0 Å². The number of para-hydroxylation sites is 1. The molecule has 3 aromatic carbocycles. The first-order valence-corrected chi connectivity index (χ1v) is 12.3. The molecule has 0 radical (unpaired) electrons. The molecule has 1 saturated heterocycles. The molecule has 0 unspecified atom stereocenters. The van der Waals surface area contributed by atoms with Crippen LogP contribution in [0.3, 0.4) is 0 Å². The van der Waals surface area contributed by atoms with Crippen molar-refractivity contribution in [3.63, 3.8) is 0 Å². The molecule has 4 rings (SSSR count). The first-order chi connectivity index (χ1) is 16.4. The molecule has 178 valence electrons. The summed E-state index contributed by atoms with van der Waals surface area (Å²) in [5, 5.41) is 0. The molecule has 1 aliphatic rings. The molecule has 0 aliphatic carbocycles. The molecule has 3 aromatic rings. The van der Waals surface area contributed by atoms with E-state index in [2.05, 4.69) is 0 Å². The summed E-state index contributed by atoms with van der Waals surface area (Å²) in [5.41, 5.74) is 0.834. The summed E-state index contributed by atoms with van der Waals surface area (Å²) in [7, 11) is -2.51. The molecule has 0 atom stereocenters. The molecule has 0 spiro atoms. The van der Waals surface area contributed by atoms with E-state index in [1.165, 1.54) is 25.3 Å². The van der Waals surface area contributed by atoms with E-state index in [0.717, 1.165) is 4.31 Å². The zero-order chi connectivity index (χ0) is 24.1. The smallest absolute Gasteiger partial charge is 0.264 e. The van der Waals surface area contributed by atoms with Gasteiger partial charge in [0.25, 0.3) is 10.0 Å². The minimum atomic E-state index is -4.00. The average molecular weight is 484 g/mol. The second kappa shape index (κ2) is 10.1. The predicted octanol–water partition coefficient (Wildman–Crippen LogP) is 3.38. The molecule has 1 amide bonds. The van der Waals surface area contributed by atoms with Crippen molar-refractivity contribution in [2.24, 2.45) is 0 Å². The first-order valence-electron chi connectivity index (χ1n) is 10.9. The normalized spacial score (nSPS) is 14.1. The Kier molecular flexibility index (Phi) is 7.02. The van der Waals surface area contributed by atoms with Crippen molar-refractivity contribution in [1.82, 2.24) is 4.90 Å². The molecule has 1 fully saturated rings. The number of rotatable bonds is 7. The quantitative estimate of drug-likeness (QED) is 0.515. The fourth-order valence-electron chi connectivity index (χ4n) is 3.93. The van der Waals surface area contributed by atoms with Crippen LogP contribution >= 0.6 is 0 Å². The van der Waals surface area contributed by atoms with Gasteiger partial charge in [0.05, 0.1) is 23.4 Å². The number of hydrogen-bond donors (Lipinski definition) is 0. The molecule has 34 heavy (non-hydrogen) atoms. The molecule has 0 bridgehead atoms. The molecule has 7 nitrogen and oxygen atoms in total. The molecule has 1 heterocycles. The summed E-state index contributed by atoms with van der Waals surface area (Å²) < 4.78 is 47.5. The number of methoxy groups -OCH3 is 1. The Balaban J connectivity index is 1.55. The summed E-state index contributed by atoms with van der Waals surface area (Å²) >= 11 is 0. The van der Waals surface area contributed by atoms with Crippen LogP contribution in [0.25, 0.3) is 0 Å². The number of carbonyl (C=O) groups excluding carboxylic acids is 1. The van der Waals surface area contributed by atoms with Gasteiger partial charge < -0.3 is 14.5 Å². The Labute approximate surface area is 199 Å². The van der Waals surface area contributed by atoms with Gasteiger partial charge in [0.2, 0.25) is 5.91 Å². The van der Waals surface area contributed by atoms with Gasteiger partial charge in [-0.3, -0.25) is 9.10 Å². The molecule has 0 N–H and O–H groups in total. The number of nitrogens with zero attached hydrogens (tertiary/aromatic N) is 3. The summed E-state index contributed by atoms with van der Waals surface area (Å²) in [6, 6.07) is 21.2. The van der Waals surface area contributed by atoms with E-state index >= 15 is 0 Å². The van der Waals surface area contributed by atoms with E-state index in [0.29, 0.717) is 43.3 Å². The third-order valence-electron chi connectivity index (χ3n) is 5.78. The second-order valence-corrected chi connectivity index (χ2v) is 9.71. The largest absolute Gasteiger partial charge is 0.497 e. The number of piperazine rings is 1. The number of anilines is 2. The third-order valence-corrected chi connectivity index (χ3v) is 7.56. The number of amides is 1. The van der Waals surface area contributed by atoms with E-state index in [1.54, 1.807) is 65.6 Å². The standard InChI is InChI=1S/C25H26FN3O4S/c1-33-21-9-7-8-20(18-21)29(34(31,32)22-10-3-2-4-11-22)19-25(30)28-16-14-27(15-17-28)24-13-6-5-12-23(24)26/h2-13,18H,14-17,19H2,1H3. The SMILES string of the molecule is COc1cccc(N(CC(=O)N2CCN(c3ccccc3F)CC2)S(=O)(=O)c2ccccc2)c1. The molecule has 0 aromatic heterocycles. The van der Waals surface area contributed by atoms with Crippen LogP contribution in [0.5, 0.6) is 5.75 Å². The summed E-state index contributed by atoms with van der Waals surface area (Å²) in [6.07, 6.45) is 0. The monoisotopic (exact) mass is 483 g/mol. The van der Waals surface area contributed by atoms with Gasteiger partial charge in [-0.25, -0.2) is 12.8 Å². The third kappa shape index (κ3) is 4.99. The fraction of sp³-hybridized carbons (Fsp3) is 0.240. The second-order valence-electron chi connectivity index (χ2n) is 7.85. The number of carbonyl (C=O) groups is 1. The van der Waals surface area contributed by atoms with Crippen molar-refractivity contribution in [1.29, 1.82) is 0 Å². The van der Waals surface area contributed by atoms with Crippen LogP contribution < -0.4 is 13.9 Å².